The van der Waals surface area contributed by atoms with Crippen LogP contribution in [-0.2, 0) is 18.8 Å². The largest absolute Gasteiger partial charge is 0.507 e. The summed E-state index contributed by atoms with van der Waals surface area (Å²) in [5.41, 5.74) is 2.92. The lowest BCUT2D eigenvalue weighted by atomic mass is 9.79. The standard InChI is InChI=1S/C26H29NO3/c1-19-15-20(25(29)21(16-19)18-28)17-27-14-8-13-24(27)26(30,22-9-4-2-5-10-22)23-11-6-3-7-12-23/h2-7,9-12,15-16,24,28-30H,8,13-14,17-18H2,1H3/t24-/m0/s1. The maximum Gasteiger partial charge on any atom is 0.130 e. The van der Waals surface area contributed by atoms with E-state index in [0.717, 1.165) is 41.6 Å². The van der Waals surface area contributed by atoms with Crippen molar-refractivity contribution >= 4 is 0 Å². The van der Waals surface area contributed by atoms with Crippen LogP contribution in [0.15, 0.2) is 72.8 Å². The van der Waals surface area contributed by atoms with Gasteiger partial charge in [0.05, 0.1) is 6.61 Å². The summed E-state index contributed by atoms with van der Waals surface area (Å²) < 4.78 is 0. The van der Waals surface area contributed by atoms with E-state index >= 15 is 0 Å². The lowest BCUT2D eigenvalue weighted by molar-refractivity contribution is -0.00674. The minimum absolute atomic E-state index is 0.125. The van der Waals surface area contributed by atoms with E-state index in [-0.39, 0.29) is 18.4 Å². The van der Waals surface area contributed by atoms with Gasteiger partial charge in [-0.05, 0) is 37.4 Å². The van der Waals surface area contributed by atoms with Crippen molar-refractivity contribution in [3.63, 3.8) is 0 Å². The molecule has 1 saturated heterocycles. The van der Waals surface area contributed by atoms with Gasteiger partial charge in [-0.2, -0.15) is 0 Å². The van der Waals surface area contributed by atoms with Crippen LogP contribution in [0.4, 0.5) is 0 Å². The van der Waals surface area contributed by atoms with Crippen LogP contribution in [0, 0.1) is 6.92 Å². The predicted molar refractivity (Wildman–Crippen MR) is 118 cm³/mol. The van der Waals surface area contributed by atoms with Gasteiger partial charge in [-0.3, -0.25) is 4.90 Å². The molecule has 1 aliphatic rings. The number of aliphatic hydroxyl groups is 2. The first kappa shape index (κ1) is 20.6. The second kappa shape index (κ2) is 8.60. The molecule has 0 saturated carbocycles. The van der Waals surface area contributed by atoms with Crippen LogP contribution in [0.2, 0.25) is 0 Å². The summed E-state index contributed by atoms with van der Waals surface area (Å²) in [5, 5.41) is 32.4. The smallest absolute Gasteiger partial charge is 0.130 e. The Morgan fingerprint density at radius 3 is 2.07 bits per heavy atom. The molecule has 0 aliphatic carbocycles. The lowest BCUT2D eigenvalue weighted by Gasteiger charge is -2.40. The zero-order valence-corrected chi connectivity index (χ0v) is 17.3. The second-order valence-corrected chi connectivity index (χ2v) is 8.22. The third-order valence-electron chi connectivity index (χ3n) is 6.23. The molecule has 0 aromatic heterocycles. The van der Waals surface area contributed by atoms with Crippen molar-refractivity contribution in [3.05, 3.63) is 101 Å². The first-order valence-corrected chi connectivity index (χ1v) is 10.5. The third-order valence-corrected chi connectivity index (χ3v) is 6.23. The van der Waals surface area contributed by atoms with Crippen LogP contribution in [0.5, 0.6) is 5.75 Å². The van der Waals surface area contributed by atoms with E-state index < -0.39 is 5.60 Å². The zero-order chi connectivity index (χ0) is 21.1. The fraction of sp³-hybridized carbons (Fsp3) is 0.308. The number of rotatable bonds is 6. The number of nitrogens with zero attached hydrogens (tertiary/aromatic N) is 1. The summed E-state index contributed by atoms with van der Waals surface area (Å²) in [7, 11) is 0. The highest BCUT2D eigenvalue weighted by Gasteiger charge is 2.45. The molecule has 1 heterocycles. The maximum atomic E-state index is 12.2. The highest BCUT2D eigenvalue weighted by atomic mass is 16.3. The van der Waals surface area contributed by atoms with E-state index in [4.69, 9.17) is 0 Å². The summed E-state index contributed by atoms with van der Waals surface area (Å²) in [5.74, 6) is 0.150. The Labute approximate surface area is 178 Å². The van der Waals surface area contributed by atoms with Crippen molar-refractivity contribution in [2.45, 2.75) is 44.6 Å². The van der Waals surface area contributed by atoms with Gasteiger partial charge in [-0.15, -0.1) is 0 Å². The van der Waals surface area contributed by atoms with Gasteiger partial charge < -0.3 is 15.3 Å². The number of aryl methyl sites for hydroxylation is 1. The van der Waals surface area contributed by atoms with Gasteiger partial charge >= 0.3 is 0 Å². The average molecular weight is 404 g/mol. The molecular formula is C26H29NO3. The van der Waals surface area contributed by atoms with Gasteiger partial charge in [-0.1, -0.05) is 78.4 Å². The molecular weight excluding hydrogens is 374 g/mol. The topological polar surface area (TPSA) is 63.9 Å². The van der Waals surface area contributed by atoms with Gasteiger partial charge in [0.2, 0.25) is 0 Å². The SMILES string of the molecule is Cc1cc(CO)c(O)c(CN2CCC[C@H]2C(O)(c2ccccc2)c2ccccc2)c1. The summed E-state index contributed by atoms with van der Waals surface area (Å²) in [6, 6.07) is 23.4. The number of aliphatic hydroxyl groups excluding tert-OH is 1. The molecule has 4 rings (SSSR count). The van der Waals surface area contributed by atoms with Crippen LogP contribution in [0.3, 0.4) is 0 Å². The maximum absolute atomic E-state index is 12.2. The van der Waals surface area contributed by atoms with Crippen LogP contribution < -0.4 is 0 Å². The van der Waals surface area contributed by atoms with Crippen molar-refractivity contribution < 1.29 is 15.3 Å². The van der Waals surface area contributed by atoms with Gasteiger partial charge in [0, 0.05) is 23.7 Å². The van der Waals surface area contributed by atoms with Gasteiger partial charge in [0.15, 0.2) is 0 Å². The second-order valence-electron chi connectivity index (χ2n) is 8.22. The van der Waals surface area contributed by atoms with E-state index in [1.165, 1.54) is 0 Å². The molecule has 4 heteroatoms. The summed E-state index contributed by atoms with van der Waals surface area (Å²) >= 11 is 0. The molecule has 1 aliphatic heterocycles. The van der Waals surface area contributed by atoms with Crippen molar-refractivity contribution in [2.24, 2.45) is 0 Å². The molecule has 0 radical (unpaired) electrons. The number of phenols is 1. The Kier molecular flexibility index (Phi) is 5.91. The predicted octanol–water partition coefficient (Wildman–Crippen LogP) is 4.09. The molecule has 30 heavy (non-hydrogen) atoms. The van der Waals surface area contributed by atoms with Crippen molar-refractivity contribution in [1.29, 1.82) is 0 Å². The Hall–Kier alpha value is -2.66. The number of hydrogen-bond acceptors (Lipinski definition) is 4. The molecule has 0 amide bonds. The van der Waals surface area contributed by atoms with E-state index in [1.807, 2.05) is 79.7 Å². The molecule has 0 spiro atoms. The summed E-state index contributed by atoms with van der Waals surface area (Å²) in [6.45, 7) is 3.14. The number of likely N-dealkylation sites (tertiary alicyclic amines) is 1. The van der Waals surface area contributed by atoms with Crippen molar-refractivity contribution in [3.8, 4) is 5.75 Å². The fourth-order valence-corrected chi connectivity index (χ4v) is 4.82. The fourth-order valence-electron chi connectivity index (χ4n) is 4.82. The van der Waals surface area contributed by atoms with E-state index in [9.17, 15) is 15.3 Å². The van der Waals surface area contributed by atoms with Crippen LogP contribution in [0.1, 0.15) is 40.7 Å². The highest BCUT2D eigenvalue weighted by molar-refractivity contribution is 5.44. The molecule has 3 aromatic rings. The molecule has 4 nitrogen and oxygen atoms in total. The molecule has 3 aromatic carbocycles. The normalized spacial score (nSPS) is 17.4. The first-order valence-electron chi connectivity index (χ1n) is 10.5. The van der Waals surface area contributed by atoms with Crippen LogP contribution in [0.25, 0.3) is 0 Å². The monoisotopic (exact) mass is 403 g/mol. The average Bonchev–Trinajstić information content (AvgIpc) is 3.25. The quantitative estimate of drug-likeness (QED) is 0.580. The molecule has 1 atom stereocenters. The first-order chi connectivity index (χ1) is 14.5. The number of aromatic hydroxyl groups is 1. The molecule has 1 fully saturated rings. The summed E-state index contributed by atoms with van der Waals surface area (Å²) in [6.07, 6.45) is 1.84. The van der Waals surface area contributed by atoms with E-state index in [1.54, 1.807) is 0 Å². The minimum atomic E-state index is -1.15. The van der Waals surface area contributed by atoms with Gasteiger partial charge in [0.25, 0.3) is 0 Å². The highest BCUT2D eigenvalue weighted by Crippen LogP contribution is 2.41. The minimum Gasteiger partial charge on any atom is -0.507 e. The molecule has 3 N–H and O–H groups in total. The Bertz CT molecular complexity index is 948. The van der Waals surface area contributed by atoms with Gasteiger partial charge in [0.1, 0.15) is 11.4 Å². The Morgan fingerprint density at radius 2 is 1.50 bits per heavy atom. The Morgan fingerprint density at radius 1 is 0.933 bits per heavy atom. The van der Waals surface area contributed by atoms with Crippen LogP contribution in [-0.4, -0.2) is 32.8 Å². The van der Waals surface area contributed by atoms with Gasteiger partial charge in [-0.25, -0.2) is 0 Å². The van der Waals surface area contributed by atoms with Crippen molar-refractivity contribution in [1.82, 2.24) is 4.90 Å². The summed E-state index contributed by atoms with van der Waals surface area (Å²) in [4.78, 5) is 2.26. The third kappa shape index (κ3) is 3.74. The van der Waals surface area contributed by atoms with Crippen LogP contribution >= 0.6 is 0 Å². The van der Waals surface area contributed by atoms with E-state index in [2.05, 4.69) is 4.90 Å². The molecule has 0 bridgehead atoms. The Balaban J connectivity index is 1.74. The van der Waals surface area contributed by atoms with Crippen molar-refractivity contribution in [2.75, 3.05) is 6.54 Å². The lowest BCUT2D eigenvalue weighted by Crippen LogP contribution is -2.48. The number of benzene rings is 3. The number of hydrogen-bond donors (Lipinski definition) is 3. The zero-order valence-electron chi connectivity index (χ0n) is 17.3. The van der Waals surface area contributed by atoms with E-state index in [0.29, 0.717) is 12.1 Å². The molecule has 0 unspecified atom stereocenters. The molecule has 156 valence electrons.